The Morgan fingerprint density at radius 3 is 2.75 bits per heavy atom. The maximum Gasteiger partial charge on any atom is -0.00852 e. The lowest BCUT2D eigenvalue weighted by molar-refractivity contribution is 0.702. The van der Waals surface area contributed by atoms with E-state index in [1.807, 2.05) is 0 Å². The Kier molecular flexibility index (Phi) is 2.28. The van der Waals surface area contributed by atoms with Gasteiger partial charge in [0.25, 0.3) is 0 Å². The van der Waals surface area contributed by atoms with Gasteiger partial charge < -0.3 is 0 Å². The van der Waals surface area contributed by atoms with Gasteiger partial charge in [0.15, 0.2) is 0 Å². The van der Waals surface area contributed by atoms with Gasteiger partial charge in [-0.2, -0.15) is 0 Å². The molecule has 0 bridgehead atoms. The molecule has 2 aliphatic rings. The van der Waals surface area contributed by atoms with Crippen molar-refractivity contribution < 1.29 is 0 Å². The van der Waals surface area contributed by atoms with Crippen LogP contribution in [0.3, 0.4) is 0 Å². The van der Waals surface area contributed by atoms with E-state index in [0.29, 0.717) is 5.92 Å². The molecule has 0 radical (unpaired) electrons. The van der Waals surface area contributed by atoms with Crippen molar-refractivity contribution in [3.05, 3.63) is 65.3 Å². The predicted molar refractivity (Wildman–Crippen MR) is 69.0 cm³/mol. The Labute approximate surface area is 97.0 Å². The summed E-state index contributed by atoms with van der Waals surface area (Å²) in [5, 5.41) is 0. The second-order valence-electron chi connectivity index (χ2n) is 4.67. The topological polar surface area (TPSA) is 0 Å². The third kappa shape index (κ3) is 1.46. The summed E-state index contributed by atoms with van der Waals surface area (Å²) in [5.41, 5.74) is 5.94. The zero-order chi connectivity index (χ0) is 11.0. The SMILES string of the molecule is CC1CC=CC2=C1C(c1ccccc1)=CC2. The summed E-state index contributed by atoms with van der Waals surface area (Å²) in [6.45, 7) is 2.33. The fraction of sp³-hybridized carbons (Fsp3) is 0.250. The average Bonchev–Trinajstić information content (AvgIpc) is 2.75. The van der Waals surface area contributed by atoms with Crippen LogP contribution in [0.15, 0.2) is 59.7 Å². The minimum Gasteiger partial charge on any atom is -0.0836 e. The largest absolute Gasteiger partial charge is 0.0836 e. The third-order valence-corrected chi connectivity index (χ3v) is 3.55. The average molecular weight is 208 g/mol. The molecule has 0 nitrogen and oxygen atoms in total. The minimum absolute atomic E-state index is 0.675. The Morgan fingerprint density at radius 1 is 1.12 bits per heavy atom. The van der Waals surface area contributed by atoms with Crippen molar-refractivity contribution in [2.75, 3.05) is 0 Å². The Balaban J connectivity index is 2.05. The molecular weight excluding hydrogens is 192 g/mol. The van der Waals surface area contributed by atoms with Crippen LogP contribution in [-0.2, 0) is 0 Å². The monoisotopic (exact) mass is 208 g/mol. The fourth-order valence-corrected chi connectivity index (χ4v) is 2.77. The van der Waals surface area contributed by atoms with Crippen LogP contribution in [0.4, 0.5) is 0 Å². The lowest BCUT2D eigenvalue weighted by Gasteiger charge is -2.20. The zero-order valence-corrected chi connectivity index (χ0v) is 9.61. The molecule has 3 rings (SSSR count). The Hall–Kier alpha value is -1.56. The second kappa shape index (κ2) is 3.79. The first-order valence-corrected chi connectivity index (χ1v) is 6.02. The first-order chi connectivity index (χ1) is 7.86. The molecule has 0 aliphatic heterocycles. The van der Waals surface area contributed by atoms with Gasteiger partial charge in [-0.3, -0.25) is 0 Å². The number of allylic oxidation sites excluding steroid dienone is 6. The molecule has 1 aromatic rings. The van der Waals surface area contributed by atoms with Crippen LogP contribution < -0.4 is 0 Å². The second-order valence-corrected chi connectivity index (χ2v) is 4.67. The van der Waals surface area contributed by atoms with Gasteiger partial charge in [-0.1, -0.05) is 55.5 Å². The summed E-state index contributed by atoms with van der Waals surface area (Å²) in [6.07, 6.45) is 9.29. The van der Waals surface area contributed by atoms with Gasteiger partial charge in [0.1, 0.15) is 0 Å². The van der Waals surface area contributed by atoms with E-state index in [0.717, 1.165) is 6.42 Å². The van der Waals surface area contributed by atoms with Crippen molar-refractivity contribution in [2.45, 2.75) is 19.8 Å². The summed E-state index contributed by atoms with van der Waals surface area (Å²) in [4.78, 5) is 0. The van der Waals surface area contributed by atoms with E-state index < -0.39 is 0 Å². The van der Waals surface area contributed by atoms with E-state index in [1.54, 1.807) is 5.57 Å². The molecule has 0 saturated carbocycles. The quantitative estimate of drug-likeness (QED) is 0.643. The summed E-state index contributed by atoms with van der Waals surface area (Å²) in [6, 6.07) is 10.8. The lowest BCUT2D eigenvalue weighted by atomic mass is 9.84. The molecule has 1 aromatic carbocycles. The predicted octanol–water partition coefficient (Wildman–Crippen LogP) is 4.37. The first kappa shape index (κ1) is 9.65. The standard InChI is InChI=1S/C16H16/c1-12-6-5-9-14-10-11-15(16(12)14)13-7-3-2-4-8-13/h2-5,7-9,11-12H,6,10H2,1H3. The van der Waals surface area contributed by atoms with Crippen molar-refractivity contribution in [1.29, 1.82) is 0 Å². The number of benzene rings is 1. The molecule has 2 aliphatic carbocycles. The van der Waals surface area contributed by atoms with E-state index >= 15 is 0 Å². The smallest absolute Gasteiger partial charge is 0.00852 e. The highest BCUT2D eigenvalue weighted by molar-refractivity contribution is 5.84. The summed E-state index contributed by atoms with van der Waals surface area (Å²) >= 11 is 0. The van der Waals surface area contributed by atoms with E-state index in [1.165, 1.54) is 23.1 Å². The van der Waals surface area contributed by atoms with Crippen molar-refractivity contribution >= 4 is 5.57 Å². The fourth-order valence-electron chi connectivity index (χ4n) is 2.77. The van der Waals surface area contributed by atoms with Gasteiger partial charge >= 0.3 is 0 Å². The van der Waals surface area contributed by atoms with Crippen molar-refractivity contribution in [3.63, 3.8) is 0 Å². The van der Waals surface area contributed by atoms with Gasteiger partial charge in [0, 0.05) is 0 Å². The molecule has 0 amide bonds. The van der Waals surface area contributed by atoms with Crippen LogP contribution in [0, 0.1) is 5.92 Å². The normalized spacial score (nSPS) is 23.3. The molecule has 1 unspecified atom stereocenters. The van der Waals surface area contributed by atoms with E-state index in [2.05, 4.69) is 55.5 Å². The number of hydrogen-bond donors (Lipinski definition) is 0. The molecule has 0 aromatic heterocycles. The van der Waals surface area contributed by atoms with Gasteiger partial charge in [-0.15, -0.1) is 0 Å². The molecule has 0 N–H and O–H groups in total. The Morgan fingerprint density at radius 2 is 1.94 bits per heavy atom. The van der Waals surface area contributed by atoms with Gasteiger partial charge in [-0.05, 0) is 41.0 Å². The molecule has 16 heavy (non-hydrogen) atoms. The Bertz CT molecular complexity index is 486. The maximum absolute atomic E-state index is 2.38. The number of rotatable bonds is 1. The van der Waals surface area contributed by atoms with Gasteiger partial charge in [-0.25, -0.2) is 0 Å². The van der Waals surface area contributed by atoms with E-state index in [-0.39, 0.29) is 0 Å². The molecule has 0 spiro atoms. The molecule has 1 atom stereocenters. The summed E-state index contributed by atoms with van der Waals surface area (Å²) < 4.78 is 0. The number of hydrogen-bond acceptors (Lipinski definition) is 0. The van der Waals surface area contributed by atoms with E-state index in [9.17, 15) is 0 Å². The highest BCUT2D eigenvalue weighted by Crippen LogP contribution is 2.41. The van der Waals surface area contributed by atoms with Gasteiger partial charge in [0.05, 0.1) is 0 Å². The molecule has 0 heteroatoms. The highest BCUT2D eigenvalue weighted by atomic mass is 14.3. The van der Waals surface area contributed by atoms with Crippen LogP contribution in [-0.4, -0.2) is 0 Å². The lowest BCUT2D eigenvalue weighted by Crippen LogP contribution is -2.04. The van der Waals surface area contributed by atoms with Crippen molar-refractivity contribution in [2.24, 2.45) is 5.92 Å². The molecule has 0 saturated heterocycles. The minimum atomic E-state index is 0.675. The molecule has 0 fully saturated rings. The van der Waals surface area contributed by atoms with Crippen LogP contribution >= 0.6 is 0 Å². The van der Waals surface area contributed by atoms with Crippen molar-refractivity contribution in [1.82, 2.24) is 0 Å². The third-order valence-electron chi connectivity index (χ3n) is 3.55. The molecule has 80 valence electrons. The summed E-state index contributed by atoms with van der Waals surface area (Å²) in [7, 11) is 0. The highest BCUT2D eigenvalue weighted by Gasteiger charge is 2.23. The van der Waals surface area contributed by atoms with Gasteiger partial charge in [0.2, 0.25) is 0 Å². The zero-order valence-electron chi connectivity index (χ0n) is 9.61. The molecular formula is C16H16. The molecule has 0 heterocycles. The van der Waals surface area contributed by atoms with Crippen molar-refractivity contribution in [3.8, 4) is 0 Å². The van der Waals surface area contributed by atoms with Crippen LogP contribution in [0.2, 0.25) is 0 Å². The van der Waals surface area contributed by atoms with Crippen LogP contribution in [0.25, 0.3) is 5.57 Å². The van der Waals surface area contributed by atoms with Crippen LogP contribution in [0.5, 0.6) is 0 Å². The first-order valence-electron chi connectivity index (χ1n) is 6.02. The van der Waals surface area contributed by atoms with Crippen LogP contribution in [0.1, 0.15) is 25.3 Å². The summed E-state index contributed by atoms with van der Waals surface area (Å²) in [5.74, 6) is 0.675. The maximum atomic E-state index is 2.38. The van der Waals surface area contributed by atoms with E-state index in [4.69, 9.17) is 0 Å².